The van der Waals surface area contributed by atoms with E-state index in [9.17, 15) is 0 Å². The number of hydrogen-bond donors (Lipinski definition) is 2. The molecule has 1 aliphatic heterocycles. The maximum Gasteiger partial charge on any atom is 0.491 e. The first-order valence-electron chi connectivity index (χ1n) is 7.91. The van der Waals surface area contributed by atoms with Crippen LogP contribution in [0.3, 0.4) is 0 Å². The number of rotatable bonds is 3. The van der Waals surface area contributed by atoms with Gasteiger partial charge in [0.2, 0.25) is 0 Å². The molecular weight excluding hydrogens is 321 g/mol. The largest absolute Gasteiger partial charge is 0.491 e. The SMILES string of the molecule is CC1(C)OB(C(=Cc2ccc3ncnc(N)c3c2)CS)OC1(C)C. The van der Waals surface area contributed by atoms with E-state index < -0.39 is 7.12 Å². The second kappa shape index (κ2) is 6.06. The number of nitrogens with two attached hydrogens (primary N) is 1. The third-order valence-corrected chi connectivity index (χ3v) is 5.15. The lowest BCUT2D eigenvalue weighted by molar-refractivity contribution is 0.00578. The van der Waals surface area contributed by atoms with Crippen molar-refractivity contribution in [1.29, 1.82) is 0 Å². The Kier molecular flexibility index (Phi) is 4.36. The van der Waals surface area contributed by atoms with Crippen molar-refractivity contribution in [2.45, 2.75) is 38.9 Å². The van der Waals surface area contributed by atoms with Crippen LogP contribution in [0.4, 0.5) is 5.82 Å². The molecule has 0 radical (unpaired) electrons. The topological polar surface area (TPSA) is 70.3 Å². The van der Waals surface area contributed by atoms with Gasteiger partial charge in [-0.3, -0.25) is 0 Å². The first-order valence-corrected chi connectivity index (χ1v) is 8.54. The summed E-state index contributed by atoms with van der Waals surface area (Å²) in [5.41, 5.74) is 7.97. The van der Waals surface area contributed by atoms with Gasteiger partial charge in [0.15, 0.2) is 0 Å². The minimum atomic E-state index is -0.410. The van der Waals surface area contributed by atoms with Gasteiger partial charge in [-0.2, -0.15) is 12.6 Å². The zero-order valence-electron chi connectivity index (χ0n) is 14.4. The number of benzene rings is 1. The van der Waals surface area contributed by atoms with Crippen LogP contribution in [0.2, 0.25) is 0 Å². The molecule has 0 saturated carbocycles. The molecule has 1 saturated heterocycles. The van der Waals surface area contributed by atoms with E-state index in [0.29, 0.717) is 11.6 Å². The van der Waals surface area contributed by atoms with Crippen molar-refractivity contribution in [1.82, 2.24) is 9.97 Å². The quantitative estimate of drug-likeness (QED) is 0.662. The lowest BCUT2D eigenvalue weighted by Crippen LogP contribution is -2.41. The number of fused-ring (bicyclic) bond motifs is 1. The molecule has 2 N–H and O–H groups in total. The van der Waals surface area contributed by atoms with Gasteiger partial charge < -0.3 is 15.0 Å². The highest BCUT2D eigenvalue weighted by Gasteiger charge is 2.52. The molecule has 3 rings (SSSR count). The predicted molar refractivity (Wildman–Crippen MR) is 102 cm³/mol. The van der Waals surface area contributed by atoms with Crippen LogP contribution in [0.15, 0.2) is 30.0 Å². The molecule has 7 heteroatoms. The van der Waals surface area contributed by atoms with E-state index in [4.69, 9.17) is 15.0 Å². The summed E-state index contributed by atoms with van der Waals surface area (Å²) in [5, 5.41) is 0.832. The smallest absolute Gasteiger partial charge is 0.400 e. The summed E-state index contributed by atoms with van der Waals surface area (Å²) in [5.74, 6) is 1.01. The highest BCUT2D eigenvalue weighted by atomic mass is 32.1. The van der Waals surface area contributed by atoms with E-state index in [-0.39, 0.29) is 11.2 Å². The van der Waals surface area contributed by atoms with Crippen LogP contribution in [0.1, 0.15) is 33.3 Å². The Morgan fingerprint density at radius 1 is 1.21 bits per heavy atom. The Hall–Kier alpha value is -1.57. The van der Waals surface area contributed by atoms with E-state index in [0.717, 1.165) is 21.9 Å². The molecule has 0 spiro atoms. The summed E-state index contributed by atoms with van der Waals surface area (Å²) >= 11 is 4.45. The molecular formula is C17H22BN3O2S. The maximum absolute atomic E-state index is 6.11. The van der Waals surface area contributed by atoms with Crippen LogP contribution in [0, 0.1) is 0 Å². The summed E-state index contributed by atoms with van der Waals surface area (Å²) < 4.78 is 12.2. The van der Waals surface area contributed by atoms with Crippen molar-refractivity contribution < 1.29 is 9.31 Å². The second-order valence-electron chi connectivity index (χ2n) is 7.00. The lowest BCUT2D eigenvalue weighted by Gasteiger charge is -2.32. The summed E-state index contributed by atoms with van der Waals surface area (Å²) in [6.07, 6.45) is 3.50. The van der Waals surface area contributed by atoms with Gasteiger partial charge >= 0.3 is 7.12 Å². The molecule has 126 valence electrons. The van der Waals surface area contributed by atoms with Crippen molar-refractivity contribution in [3.63, 3.8) is 0 Å². The van der Waals surface area contributed by atoms with Crippen LogP contribution in [-0.2, 0) is 9.31 Å². The Bertz CT molecular complexity index is 792. The predicted octanol–water partition coefficient (Wildman–Crippen LogP) is 3.16. The van der Waals surface area contributed by atoms with E-state index in [2.05, 4.69) is 22.6 Å². The molecule has 24 heavy (non-hydrogen) atoms. The van der Waals surface area contributed by atoms with Crippen molar-refractivity contribution >= 4 is 42.5 Å². The minimum Gasteiger partial charge on any atom is -0.400 e. The van der Waals surface area contributed by atoms with Gasteiger partial charge in [-0.1, -0.05) is 12.1 Å². The van der Waals surface area contributed by atoms with Gasteiger partial charge in [0, 0.05) is 11.1 Å². The summed E-state index contributed by atoms with van der Waals surface area (Å²) in [6.45, 7) is 8.16. The second-order valence-corrected chi connectivity index (χ2v) is 7.32. The van der Waals surface area contributed by atoms with Gasteiger partial charge in [0.05, 0.1) is 16.7 Å². The highest BCUT2D eigenvalue weighted by molar-refractivity contribution is 7.80. The first-order chi connectivity index (χ1) is 11.2. The number of nitrogen functional groups attached to an aromatic ring is 1. The average Bonchev–Trinajstić information content (AvgIpc) is 2.73. The fraction of sp³-hybridized carbons (Fsp3) is 0.412. The Balaban J connectivity index is 1.96. The number of anilines is 1. The number of hydrogen-bond acceptors (Lipinski definition) is 6. The Morgan fingerprint density at radius 2 is 1.88 bits per heavy atom. The monoisotopic (exact) mass is 343 g/mol. The molecule has 1 aromatic carbocycles. The molecule has 1 fully saturated rings. The van der Waals surface area contributed by atoms with Crippen LogP contribution in [-0.4, -0.2) is 34.0 Å². The van der Waals surface area contributed by atoms with E-state index in [1.807, 2.05) is 52.0 Å². The number of thiol groups is 1. The summed E-state index contributed by atoms with van der Waals surface area (Å²) in [6, 6.07) is 5.89. The molecule has 2 heterocycles. The molecule has 0 bridgehead atoms. The van der Waals surface area contributed by atoms with Crippen molar-refractivity contribution in [2.24, 2.45) is 0 Å². The van der Waals surface area contributed by atoms with Crippen molar-refractivity contribution in [3.8, 4) is 0 Å². The average molecular weight is 343 g/mol. The molecule has 0 unspecified atom stereocenters. The van der Waals surface area contributed by atoms with Crippen molar-refractivity contribution in [3.05, 3.63) is 35.6 Å². The summed E-state index contributed by atoms with van der Waals surface area (Å²) in [7, 11) is -0.410. The van der Waals surface area contributed by atoms with Gasteiger partial charge in [0.1, 0.15) is 12.1 Å². The zero-order chi connectivity index (χ0) is 17.5. The van der Waals surface area contributed by atoms with E-state index in [1.165, 1.54) is 6.33 Å². The standard InChI is InChI=1S/C17H22BN3O2S/c1-16(2)17(3,4)23-18(22-16)12(9-24)7-11-5-6-14-13(8-11)15(19)21-10-20-14/h5-8,10,24H,9H2,1-4H3,(H2,19,20,21). The van der Waals surface area contributed by atoms with Crippen LogP contribution in [0.25, 0.3) is 17.0 Å². The third kappa shape index (κ3) is 3.03. The van der Waals surface area contributed by atoms with Gasteiger partial charge in [-0.15, -0.1) is 0 Å². The summed E-state index contributed by atoms with van der Waals surface area (Å²) in [4.78, 5) is 8.27. The fourth-order valence-corrected chi connectivity index (χ4v) is 2.82. The Morgan fingerprint density at radius 3 is 2.50 bits per heavy atom. The number of aromatic nitrogens is 2. The lowest BCUT2D eigenvalue weighted by atomic mass is 9.78. The van der Waals surface area contributed by atoms with Crippen molar-refractivity contribution in [2.75, 3.05) is 11.5 Å². The molecule has 0 aliphatic carbocycles. The number of nitrogens with zero attached hydrogens (tertiary/aromatic N) is 2. The van der Waals surface area contributed by atoms with Crippen LogP contribution in [0.5, 0.6) is 0 Å². The highest BCUT2D eigenvalue weighted by Crippen LogP contribution is 2.39. The molecule has 1 aromatic heterocycles. The van der Waals surface area contributed by atoms with Gasteiger partial charge in [0.25, 0.3) is 0 Å². The van der Waals surface area contributed by atoms with Crippen LogP contribution < -0.4 is 5.73 Å². The van der Waals surface area contributed by atoms with Gasteiger partial charge in [-0.05, 0) is 50.9 Å². The molecule has 2 aromatic rings. The van der Waals surface area contributed by atoms with E-state index in [1.54, 1.807) is 0 Å². The third-order valence-electron chi connectivity index (χ3n) is 4.78. The fourth-order valence-electron chi connectivity index (χ4n) is 2.58. The molecule has 5 nitrogen and oxygen atoms in total. The minimum absolute atomic E-state index is 0.374. The van der Waals surface area contributed by atoms with E-state index >= 15 is 0 Å². The Labute approximate surface area is 148 Å². The zero-order valence-corrected chi connectivity index (χ0v) is 15.3. The maximum atomic E-state index is 6.11. The normalized spacial score (nSPS) is 19.9. The first kappa shape index (κ1) is 17.3. The molecule has 1 aliphatic rings. The van der Waals surface area contributed by atoms with Crippen LogP contribution >= 0.6 is 12.6 Å². The van der Waals surface area contributed by atoms with Gasteiger partial charge in [-0.25, -0.2) is 9.97 Å². The molecule has 0 amide bonds. The molecule has 0 atom stereocenters.